The molecule has 16 heavy (non-hydrogen) atoms. The summed E-state index contributed by atoms with van der Waals surface area (Å²) >= 11 is 0. The number of nitrogen functional groups attached to an aromatic ring is 1. The first-order valence-corrected chi connectivity index (χ1v) is 5.34. The summed E-state index contributed by atoms with van der Waals surface area (Å²) in [6.45, 7) is 4.11. The maximum atomic E-state index is 10.9. The summed E-state index contributed by atoms with van der Waals surface area (Å²) < 4.78 is 0. The average molecular weight is 223 g/mol. The van der Waals surface area contributed by atoms with Gasteiger partial charge < -0.3 is 16.2 Å². The Kier molecular flexibility index (Phi) is 4.10. The predicted molar refractivity (Wildman–Crippen MR) is 63.6 cm³/mol. The molecule has 0 radical (unpaired) electrons. The van der Waals surface area contributed by atoms with E-state index < -0.39 is 5.97 Å². The van der Waals surface area contributed by atoms with E-state index in [1.807, 2.05) is 0 Å². The van der Waals surface area contributed by atoms with Crippen LogP contribution in [-0.2, 0) is 0 Å². The zero-order valence-corrected chi connectivity index (χ0v) is 9.53. The third kappa shape index (κ3) is 2.62. The van der Waals surface area contributed by atoms with Gasteiger partial charge in [0.25, 0.3) is 0 Å². The van der Waals surface area contributed by atoms with E-state index in [4.69, 9.17) is 10.8 Å². The van der Waals surface area contributed by atoms with Crippen LogP contribution in [0.3, 0.4) is 0 Å². The Labute approximate surface area is 94.7 Å². The topological polar surface area (TPSA) is 88.2 Å². The maximum Gasteiger partial charge on any atom is 0.337 e. The molecule has 0 aliphatic carbocycles. The fourth-order valence-electron chi connectivity index (χ4n) is 1.46. The highest BCUT2D eigenvalue weighted by Gasteiger charge is 2.13. The summed E-state index contributed by atoms with van der Waals surface area (Å²) in [4.78, 5) is 14.9. The van der Waals surface area contributed by atoms with E-state index in [1.54, 1.807) is 0 Å². The summed E-state index contributed by atoms with van der Waals surface area (Å²) in [6.07, 6.45) is 3.33. The van der Waals surface area contributed by atoms with Crippen molar-refractivity contribution in [2.75, 3.05) is 11.1 Å². The molecule has 0 amide bonds. The highest BCUT2D eigenvalue weighted by atomic mass is 16.4. The number of hydrogen-bond acceptors (Lipinski definition) is 4. The molecule has 0 unspecified atom stereocenters. The molecule has 5 heteroatoms. The number of carbonyl (C=O) groups is 1. The molecule has 0 aromatic carbocycles. The van der Waals surface area contributed by atoms with Crippen molar-refractivity contribution in [3.05, 3.63) is 17.8 Å². The normalized spacial score (nSPS) is 10.4. The zero-order chi connectivity index (χ0) is 12.1. The fourth-order valence-corrected chi connectivity index (χ4v) is 1.46. The smallest absolute Gasteiger partial charge is 0.337 e. The lowest BCUT2D eigenvalue weighted by Gasteiger charge is -2.17. The van der Waals surface area contributed by atoms with Gasteiger partial charge >= 0.3 is 5.97 Å². The molecule has 1 aromatic heterocycles. The third-order valence-electron chi connectivity index (χ3n) is 2.55. The van der Waals surface area contributed by atoms with Gasteiger partial charge in [-0.05, 0) is 18.9 Å². The highest BCUT2D eigenvalue weighted by molar-refractivity contribution is 5.96. The molecular formula is C11H17N3O2. The number of carboxylic acids is 1. The van der Waals surface area contributed by atoms with Crippen LogP contribution in [0.4, 0.5) is 11.5 Å². The van der Waals surface area contributed by atoms with Gasteiger partial charge in [-0.1, -0.05) is 13.8 Å². The number of nitrogens with one attached hydrogen (secondary N) is 1. The van der Waals surface area contributed by atoms with Crippen molar-refractivity contribution in [2.24, 2.45) is 0 Å². The first-order chi connectivity index (χ1) is 7.60. The maximum absolute atomic E-state index is 10.9. The van der Waals surface area contributed by atoms with Gasteiger partial charge in [0.1, 0.15) is 5.82 Å². The van der Waals surface area contributed by atoms with Crippen LogP contribution in [0, 0.1) is 0 Å². The number of pyridine rings is 1. The molecule has 0 spiro atoms. The second-order valence-electron chi connectivity index (χ2n) is 3.58. The summed E-state index contributed by atoms with van der Waals surface area (Å²) in [7, 11) is 0. The van der Waals surface area contributed by atoms with Crippen LogP contribution in [0.25, 0.3) is 0 Å². The van der Waals surface area contributed by atoms with Crippen LogP contribution in [0.1, 0.15) is 37.0 Å². The molecule has 5 nitrogen and oxygen atoms in total. The molecule has 0 aliphatic rings. The van der Waals surface area contributed by atoms with Gasteiger partial charge in [-0.25, -0.2) is 9.78 Å². The second kappa shape index (κ2) is 5.34. The van der Waals surface area contributed by atoms with Gasteiger partial charge in [0.05, 0.1) is 11.3 Å². The molecule has 4 N–H and O–H groups in total. The lowest BCUT2D eigenvalue weighted by atomic mass is 10.1. The number of rotatable bonds is 5. The fraction of sp³-hybridized carbons (Fsp3) is 0.455. The number of anilines is 2. The van der Waals surface area contributed by atoms with Crippen LogP contribution >= 0.6 is 0 Å². The summed E-state index contributed by atoms with van der Waals surface area (Å²) in [5.74, 6) is -0.582. The second-order valence-corrected chi connectivity index (χ2v) is 3.58. The van der Waals surface area contributed by atoms with Crippen LogP contribution in [0.15, 0.2) is 12.3 Å². The Balaban J connectivity index is 2.97. The minimum absolute atomic E-state index is 0.0865. The molecule has 0 saturated carbocycles. The quantitative estimate of drug-likeness (QED) is 0.710. The lowest BCUT2D eigenvalue weighted by molar-refractivity contribution is 0.0698. The van der Waals surface area contributed by atoms with E-state index in [1.165, 1.54) is 12.3 Å². The number of aromatic carboxylic acids is 1. The van der Waals surface area contributed by atoms with Crippen molar-refractivity contribution in [3.63, 3.8) is 0 Å². The molecule has 1 aromatic rings. The minimum Gasteiger partial charge on any atom is -0.478 e. The third-order valence-corrected chi connectivity index (χ3v) is 2.55. The number of hydrogen-bond donors (Lipinski definition) is 3. The van der Waals surface area contributed by atoms with Gasteiger partial charge in [-0.2, -0.15) is 0 Å². The van der Waals surface area contributed by atoms with Crippen LogP contribution < -0.4 is 11.1 Å². The Morgan fingerprint density at radius 2 is 2.19 bits per heavy atom. The molecule has 1 heterocycles. The number of nitrogens with two attached hydrogens (primary N) is 1. The Bertz CT molecular complexity index is 375. The van der Waals surface area contributed by atoms with E-state index in [0.29, 0.717) is 5.82 Å². The van der Waals surface area contributed by atoms with Gasteiger partial charge in [0, 0.05) is 12.2 Å². The lowest BCUT2D eigenvalue weighted by Crippen LogP contribution is -2.19. The number of carboxylic acid groups (broad SMARTS) is 1. The molecule has 0 fully saturated rings. The standard InChI is InChI=1S/C11H17N3O2/c1-3-7(4-2)14-10-9(12)8(11(15)16)5-6-13-10/h5-7H,3-4,12H2,1-2H3,(H,13,14)(H,15,16). The SMILES string of the molecule is CCC(CC)Nc1nccc(C(=O)O)c1N. The molecule has 0 atom stereocenters. The van der Waals surface area contributed by atoms with Gasteiger partial charge in [-0.3, -0.25) is 0 Å². The summed E-state index contributed by atoms with van der Waals surface area (Å²) in [5, 5.41) is 12.0. The van der Waals surface area contributed by atoms with Crippen LogP contribution in [0.5, 0.6) is 0 Å². The first kappa shape index (κ1) is 12.3. The Morgan fingerprint density at radius 3 is 2.69 bits per heavy atom. The first-order valence-electron chi connectivity index (χ1n) is 5.34. The molecule has 0 aliphatic heterocycles. The van der Waals surface area contributed by atoms with Crippen molar-refractivity contribution < 1.29 is 9.90 Å². The van der Waals surface area contributed by atoms with Gasteiger partial charge in [-0.15, -0.1) is 0 Å². The summed E-state index contributed by atoms with van der Waals surface area (Å²) in [5.41, 5.74) is 6.02. The average Bonchev–Trinajstić information content (AvgIpc) is 2.27. The minimum atomic E-state index is -1.03. The molecule has 88 valence electrons. The van der Waals surface area contributed by atoms with Crippen molar-refractivity contribution in [3.8, 4) is 0 Å². The van der Waals surface area contributed by atoms with E-state index in [9.17, 15) is 4.79 Å². The van der Waals surface area contributed by atoms with Crippen LogP contribution in [0.2, 0.25) is 0 Å². The largest absolute Gasteiger partial charge is 0.478 e. The van der Waals surface area contributed by atoms with Crippen molar-refractivity contribution in [2.45, 2.75) is 32.7 Å². The molecule has 1 rings (SSSR count). The summed E-state index contributed by atoms with van der Waals surface area (Å²) in [6, 6.07) is 1.66. The number of aromatic nitrogens is 1. The molecule has 0 saturated heterocycles. The van der Waals surface area contributed by atoms with Gasteiger partial charge in [0.2, 0.25) is 0 Å². The number of nitrogens with zero attached hydrogens (tertiary/aromatic N) is 1. The highest BCUT2D eigenvalue weighted by Crippen LogP contribution is 2.21. The monoisotopic (exact) mass is 223 g/mol. The van der Waals surface area contributed by atoms with Crippen molar-refractivity contribution >= 4 is 17.5 Å². The molecule has 0 bridgehead atoms. The van der Waals surface area contributed by atoms with Crippen molar-refractivity contribution in [1.82, 2.24) is 4.98 Å². The van der Waals surface area contributed by atoms with E-state index in [0.717, 1.165) is 12.8 Å². The van der Waals surface area contributed by atoms with E-state index in [2.05, 4.69) is 24.1 Å². The van der Waals surface area contributed by atoms with E-state index in [-0.39, 0.29) is 17.3 Å². The van der Waals surface area contributed by atoms with Crippen molar-refractivity contribution in [1.29, 1.82) is 0 Å². The predicted octanol–water partition coefficient (Wildman–Crippen LogP) is 1.96. The molecular weight excluding hydrogens is 206 g/mol. The van der Waals surface area contributed by atoms with Gasteiger partial charge in [0.15, 0.2) is 0 Å². The Hall–Kier alpha value is -1.78. The Morgan fingerprint density at radius 1 is 1.56 bits per heavy atom. The van der Waals surface area contributed by atoms with Crippen LogP contribution in [-0.4, -0.2) is 22.1 Å². The zero-order valence-electron chi connectivity index (χ0n) is 9.53. The van der Waals surface area contributed by atoms with E-state index >= 15 is 0 Å².